The van der Waals surface area contributed by atoms with Crippen molar-refractivity contribution in [3.63, 3.8) is 0 Å². The number of hydrogen-bond donors (Lipinski definition) is 2. The first-order chi connectivity index (χ1) is 12.1. The van der Waals surface area contributed by atoms with Gasteiger partial charge in [0.15, 0.2) is 5.96 Å². The third-order valence-electron chi connectivity index (χ3n) is 4.66. The van der Waals surface area contributed by atoms with Gasteiger partial charge in [-0.1, -0.05) is 26.3 Å². The molecule has 0 aliphatic heterocycles. The highest BCUT2D eigenvalue weighted by Crippen LogP contribution is 2.23. The zero-order valence-corrected chi connectivity index (χ0v) is 20.2. The molecule has 26 heavy (non-hydrogen) atoms. The van der Waals surface area contributed by atoms with Crippen LogP contribution in [0.4, 0.5) is 0 Å². The summed E-state index contributed by atoms with van der Waals surface area (Å²) in [6.45, 7) is 8.07. The molecule has 1 fully saturated rings. The molecule has 0 bridgehead atoms. The van der Waals surface area contributed by atoms with Gasteiger partial charge < -0.3 is 10.6 Å². The number of hydrogen-bond acceptors (Lipinski definition) is 3. The highest BCUT2D eigenvalue weighted by Gasteiger charge is 2.26. The van der Waals surface area contributed by atoms with Gasteiger partial charge in [0.1, 0.15) is 0 Å². The lowest BCUT2D eigenvalue weighted by molar-refractivity contribution is 0.413. The molecular formula is C19H34IN3OS2. The second-order valence-electron chi connectivity index (χ2n) is 6.91. The minimum absolute atomic E-state index is 0. The summed E-state index contributed by atoms with van der Waals surface area (Å²) >= 11 is 1.82. The molecular weight excluding hydrogens is 477 g/mol. The van der Waals surface area contributed by atoms with Gasteiger partial charge in [-0.05, 0) is 50.0 Å². The average molecular weight is 512 g/mol. The Kier molecular flexibility index (Phi) is 12.0. The molecule has 150 valence electrons. The first-order valence-corrected chi connectivity index (χ1v) is 11.8. The summed E-state index contributed by atoms with van der Waals surface area (Å²) in [4.78, 5) is 6.23. The molecule has 2 rings (SSSR count). The van der Waals surface area contributed by atoms with E-state index in [1.54, 1.807) is 0 Å². The Morgan fingerprint density at radius 3 is 2.88 bits per heavy atom. The summed E-state index contributed by atoms with van der Waals surface area (Å²) in [7, 11) is -0.682. The molecule has 1 saturated carbocycles. The molecule has 0 aromatic carbocycles. The van der Waals surface area contributed by atoms with E-state index < -0.39 is 10.8 Å². The van der Waals surface area contributed by atoms with Gasteiger partial charge in [-0.25, -0.2) is 0 Å². The first-order valence-electron chi connectivity index (χ1n) is 9.56. The predicted molar refractivity (Wildman–Crippen MR) is 126 cm³/mol. The number of guanidine groups is 1. The van der Waals surface area contributed by atoms with Crippen LogP contribution in [0.15, 0.2) is 22.5 Å². The van der Waals surface area contributed by atoms with Gasteiger partial charge in [-0.15, -0.1) is 35.3 Å². The van der Waals surface area contributed by atoms with Gasteiger partial charge in [0.2, 0.25) is 0 Å². The van der Waals surface area contributed by atoms with E-state index in [9.17, 15) is 4.21 Å². The first kappa shape index (κ1) is 23.9. The second-order valence-corrected chi connectivity index (χ2v) is 9.95. The molecule has 0 saturated heterocycles. The molecule has 1 aromatic heterocycles. The van der Waals surface area contributed by atoms with Crippen molar-refractivity contribution in [3.8, 4) is 0 Å². The van der Waals surface area contributed by atoms with E-state index >= 15 is 0 Å². The van der Waals surface area contributed by atoms with Crippen LogP contribution in [0.3, 0.4) is 0 Å². The smallest absolute Gasteiger partial charge is 0.191 e. The summed E-state index contributed by atoms with van der Waals surface area (Å²) in [5.41, 5.74) is 0. The molecule has 4 nitrogen and oxygen atoms in total. The second kappa shape index (κ2) is 13.1. The number of halogens is 1. The van der Waals surface area contributed by atoms with Gasteiger partial charge in [-0.3, -0.25) is 9.20 Å². The highest BCUT2D eigenvalue weighted by molar-refractivity contribution is 14.0. The normalized spacial score (nSPS) is 23.0. The molecule has 1 aliphatic rings. The molecule has 1 aromatic rings. The molecule has 1 heterocycles. The van der Waals surface area contributed by atoms with Crippen molar-refractivity contribution in [1.82, 2.24) is 10.6 Å². The number of nitrogens with zero attached hydrogens (tertiary/aromatic N) is 1. The maximum absolute atomic E-state index is 12.1. The SMILES string of the molecule is CCNC(=NCC(C)Cc1cccs1)NC1CCCC(S(=O)CC)C1.I. The van der Waals surface area contributed by atoms with Crippen LogP contribution in [0.2, 0.25) is 0 Å². The summed E-state index contributed by atoms with van der Waals surface area (Å²) in [6.07, 6.45) is 5.48. The van der Waals surface area contributed by atoms with Crippen molar-refractivity contribution >= 4 is 52.1 Å². The van der Waals surface area contributed by atoms with Crippen molar-refractivity contribution < 1.29 is 4.21 Å². The largest absolute Gasteiger partial charge is 0.357 e. The number of nitrogens with one attached hydrogen (secondary N) is 2. The minimum Gasteiger partial charge on any atom is -0.357 e. The van der Waals surface area contributed by atoms with E-state index in [0.717, 1.165) is 56.9 Å². The molecule has 0 amide bonds. The molecule has 1 aliphatic carbocycles. The molecule has 0 spiro atoms. The topological polar surface area (TPSA) is 53.5 Å². The lowest BCUT2D eigenvalue weighted by Gasteiger charge is -2.30. The van der Waals surface area contributed by atoms with Crippen molar-refractivity contribution in [1.29, 1.82) is 0 Å². The summed E-state index contributed by atoms with van der Waals surface area (Å²) < 4.78 is 12.1. The fraction of sp³-hybridized carbons (Fsp3) is 0.737. The van der Waals surface area contributed by atoms with Crippen molar-refractivity contribution in [3.05, 3.63) is 22.4 Å². The summed E-state index contributed by atoms with van der Waals surface area (Å²) in [5, 5.41) is 9.43. The summed E-state index contributed by atoms with van der Waals surface area (Å²) in [6, 6.07) is 4.70. The van der Waals surface area contributed by atoms with E-state index in [1.807, 2.05) is 18.3 Å². The Labute approximate surface area is 182 Å². The molecule has 4 atom stereocenters. The van der Waals surface area contributed by atoms with E-state index in [2.05, 4.69) is 42.0 Å². The Morgan fingerprint density at radius 1 is 1.42 bits per heavy atom. The van der Waals surface area contributed by atoms with Gasteiger partial charge in [0, 0.05) is 45.8 Å². The van der Waals surface area contributed by atoms with Crippen LogP contribution in [-0.2, 0) is 17.2 Å². The predicted octanol–water partition coefficient (Wildman–Crippen LogP) is 4.18. The van der Waals surface area contributed by atoms with Gasteiger partial charge in [-0.2, -0.15) is 0 Å². The molecule has 2 N–H and O–H groups in total. The lowest BCUT2D eigenvalue weighted by atomic mass is 9.95. The average Bonchev–Trinajstić information content (AvgIpc) is 3.12. The van der Waals surface area contributed by atoms with E-state index in [1.165, 1.54) is 4.88 Å². The van der Waals surface area contributed by atoms with Crippen LogP contribution in [0.1, 0.15) is 51.3 Å². The molecule has 0 radical (unpaired) electrons. The Morgan fingerprint density at radius 2 is 2.23 bits per heavy atom. The number of aliphatic imine (C=N–C) groups is 1. The van der Waals surface area contributed by atoms with Crippen LogP contribution in [0, 0.1) is 5.92 Å². The zero-order valence-electron chi connectivity index (χ0n) is 16.2. The lowest BCUT2D eigenvalue weighted by Crippen LogP contribution is -2.46. The third kappa shape index (κ3) is 8.25. The standard InChI is InChI=1S/C19H33N3OS2.HI/c1-4-20-19(21-14-15(3)12-17-9-7-11-24-17)22-16-8-6-10-18(13-16)25(23)5-2;/h7,9,11,15-16,18H,4-6,8,10,12-14H2,1-3H3,(H2,20,21,22);1H. The molecule has 4 unspecified atom stereocenters. The van der Waals surface area contributed by atoms with Crippen LogP contribution >= 0.6 is 35.3 Å². The van der Waals surface area contributed by atoms with Crippen LogP contribution < -0.4 is 10.6 Å². The fourth-order valence-electron chi connectivity index (χ4n) is 3.35. The van der Waals surface area contributed by atoms with Crippen LogP contribution in [-0.4, -0.2) is 40.3 Å². The van der Waals surface area contributed by atoms with Crippen molar-refractivity contribution in [2.75, 3.05) is 18.8 Å². The Bertz CT molecular complexity index is 551. The Hall–Kier alpha value is -0.150. The Balaban J connectivity index is 0.00000338. The monoisotopic (exact) mass is 511 g/mol. The highest BCUT2D eigenvalue weighted by atomic mass is 127. The van der Waals surface area contributed by atoms with Crippen molar-refractivity contribution in [2.45, 2.75) is 64.2 Å². The van der Waals surface area contributed by atoms with Crippen molar-refractivity contribution in [2.24, 2.45) is 10.9 Å². The van der Waals surface area contributed by atoms with Gasteiger partial charge in [0.05, 0.1) is 0 Å². The van der Waals surface area contributed by atoms with Gasteiger partial charge in [0.25, 0.3) is 0 Å². The van der Waals surface area contributed by atoms with Crippen LogP contribution in [0.5, 0.6) is 0 Å². The fourth-order valence-corrected chi connectivity index (χ4v) is 5.57. The number of thiophene rings is 1. The van der Waals surface area contributed by atoms with E-state index in [-0.39, 0.29) is 24.0 Å². The molecule has 7 heteroatoms. The maximum Gasteiger partial charge on any atom is 0.191 e. The van der Waals surface area contributed by atoms with E-state index in [4.69, 9.17) is 4.99 Å². The minimum atomic E-state index is -0.682. The number of rotatable bonds is 8. The van der Waals surface area contributed by atoms with E-state index in [0.29, 0.717) is 17.2 Å². The maximum atomic E-state index is 12.1. The zero-order chi connectivity index (χ0) is 18.1. The van der Waals surface area contributed by atoms with Gasteiger partial charge >= 0.3 is 0 Å². The van der Waals surface area contributed by atoms with Crippen LogP contribution in [0.25, 0.3) is 0 Å². The third-order valence-corrected chi connectivity index (χ3v) is 7.30. The summed E-state index contributed by atoms with van der Waals surface area (Å²) in [5.74, 6) is 2.21. The quantitative estimate of drug-likeness (QED) is 0.313.